The van der Waals surface area contributed by atoms with E-state index in [1.54, 1.807) is 7.11 Å². The maximum Gasteiger partial charge on any atom is 0.309 e. The van der Waals surface area contributed by atoms with Crippen LogP contribution in [-0.2, 0) is 9.53 Å². The van der Waals surface area contributed by atoms with E-state index in [-0.39, 0.29) is 42.6 Å². The van der Waals surface area contributed by atoms with Crippen molar-refractivity contribution in [1.82, 2.24) is 4.98 Å². The fraction of sp³-hybridized carbons (Fsp3) is 0.367. The maximum absolute atomic E-state index is 13.4. The van der Waals surface area contributed by atoms with Crippen molar-refractivity contribution < 1.29 is 33.6 Å². The van der Waals surface area contributed by atoms with Crippen LogP contribution in [0.25, 0.3) is 0 Å². The van der Waals surface area contributed by atoms with E-state index in [2.05, 4.69) is 4.98 Å². The number of rotatable bonds is 6. The third kappa shape index (κ3) is 5.59. The van der Waals surface area contributed by atoms with Crippen molar-refractivity contribution in [1.29, 1.82) is 0 Å². The quantitative estimate of drug-likeness (QED) is 0.352. The van der Waals surface area contributed by atoms with Gasteiger partial charge in [-0.3, -0.25) is 9.59 Å². The summed E-state index contributed by atoms with van der Waals surface area (Å²) in [5.41, 5.74) is 3.69. The molecule has 1 aliphatic heterocycles. The van der Waals surface area contributed by atoms with Gasteiger partial charge in [-0.05, 0) is 50.5 Å². The van der Waals surface area contributed by atoms with Gasteiger partial charge in [-0.2, -0.15) is 0 Å². The number of Topliss-reactive ketones (excluding diaryl/α,β-unsaturated/α-hetero) is 1. The van der Waals surface area contributed by atoms with Crippen LogP contribution in [-0.4, -0.2) is 48.8 Å². The normalized spacial score (nSPS) is 19.5. The molecular formula is C30H33NO7. The summed E-state index contributed by atoms with van der Waals surface area (Å²) in [6.45, 7) is 6.01. The molecule has 3 aromatic rings. The van der Waals surface area contributed by atoms with Crippen LogP contribution in [0.2, 0.25) is 0 Å². The van der Waals surface area contributed by atoms with Crippen LogP contribution in [0.4, 0.5) is 0 Å². The number of methoxy groups -OCH3 is 2. The molecule has 0 fully saturated rings. The van der Waals surface area contributed by atoms with Gasteiger partial charge in [0.1, 0.15) is 17.6 Å². The van der Waals surface area contributed by atoms with Gasteiger partial charge >= 0.3 is 5.97 Å². The lowest BCUT2D eigenvalue weighted by Gasteiger charge is -2.31. The van der Waals surface area contributed by atoms with Crippen LogP contribution >= 0.6 is 0 Å². The predicted octanol–water partition coefficient (Wildman–Crippen LogP) is 5.16. The van der Waals surface area contributed by atoms with Crippen molar-refractivity contribution in [3.63, 3.8) is 0 Å². The second-order valence-electron chi connectivity index (χ2n) is 9.58. The van der Waals surface area contributed by atoms with Gasteiger partial charge in [0.25, 0.3) is 0 Å². The highest BCUT2D eigenvalue weighted by atomic mass is 16.5. The van der Waals surface area contributed by atoms with Gasteiger partial charge in [0.2, 0.25) is 0 Å². The van der Waals surface area contributed by atoms with Gasteiger partial charge in [-0.1, -0.05) is 24.3 Å². The predicted molar refractivity (Wildman–Crippen MR) is 141 cm³/mol. The van der Waals surface area contributed by atoms with Gasteiger partial charge in [0.05, 0.1) is 32.7 Å². The number of hydrogen-bond acceptors (Lipinski definition) is 8. The van der Waals surface area contributed by atoms with Crippen LogP contribution < -0.4 is 14.2 Å². The molecule has 200 valence electrons. The summed E-state index contributed by atoms with van der Waals surface area (Å²) in [5.74, 6) is -0.991. The molecule has 1 N–H and O–H groups in total. The molecule has 1 aliphatic rings. The molecule has 0 bridgehead atoms. The number of carbonyl (C=O) groups excluding carboxylic acids is 2. The van der Waals surface area contributed by atoms with Crippen LogP contribution in [0, 0.1) is 19.8 Å². The molecule has 1 unspecified atom stereocenters. The number of carbonyl (C=O) groups is 2. The topological polar surface area (TPSA) is 104 Å². The fourth-order valence-corrected chi connectivity index (χ4v) is 4.86. The number of aromatic hydroxyl groups is 1. The molecule has 8 heteroatoms. The lowest BCUT2D eigenvalue weighted by Crippen LogP contribution is -2.31. The first kappa shape index (κ1) is 27.0. The molecule has 38 heavy (non-hydrogen) atoms. The van der Waals surface area contributed by atoms with Gasteiger partial charge in [0.15, 0.2) is 23.0 Å². The Morgan fingerprint density at radius 1 is 1.03 bits per heavy atom. The zero-order valence-corrected chi connectivity index (χ0v) is 22.3. The number of esters is 1. The number of hydrogen-bond donors (Lipinski definition) is 1. The number of ether oxygens (including phenoxy) is 4. The van der Waals surface area contributed by atoms with Crippen LogP contribution in [0.3, 0.4) is 0 Å². The Kier molecular flexibility index (Phi) is 8.20. The Balaban J connectivity index is 1.69. The number of fused-ring (bicyclic) bond motifs is 1. The number of nitrogens with zero attached hydrogens (tertiary/aromatic N) is 1. The molecule has 0 amide bonds. The summed E-state index contributed by atoms with van der Waals surface area (Å²) in [5, 5.41) is 10.4. The molecule has 8 nitrogen and oxygen atoms in total. The van der Waals surface area contributed by atoms with Crippen molar-refractivity contribution in [3.05, 3.63) is 76.6 Å². The Bertz CT molecular complexity index is 1340. The van der Waals surface area contributed by atoms with E-state index in [4.69, 9.17) is 18.9 Å². The molecule has 1 aromatic heterocycles. The van der Waals surface area contributed by atoms with Crippen molar-refractivity contribution in [2.75, 3.05) is 20.8 Å². The maximum atomic E-state index is 13.4. The summed E-state index contributed by atoms with van der Waals surface area (Å²) in [6.07, 6.45) is 0.847. The first-order chi connectivity index (χ1) is 18.2. The van der Waals surface area contributed by atoms with Crippen molar-refractivity contribution in [2.24, 2.45) is 5.92 Å². The average Bonchev–Trinajstić information content (AvgIpc) is 2.89. The molecule has 0 radical (unpaired) electrons. The summed E-state index contributed by atoms with van der Waals surface area (Å²) in [6, 6.07) is 13.4. The largest absolute Gasteiger partial charge is 0.503 e. The molecule has 0 aliphatic carbocycles. The Labute approximate surface area is 222 Å². The Hall–Kier alpha value is -4.07. The molecule has 0 saturated carbocycles. The molecule has 2 heterocycles. The summed E-state index contributed by atoms with van der Waals surface area (Å²) in [7, 11) is 3.01. The van der Waals surface area contributed by atoms with E-state index in [0.29, 0.717) is 11.5 Å². The minimum absolute atomic E-state index is 0.135. The third-order valence-electron chi connectivity index (χ3n) is 6.86. The highest BCUT2D eigenvalue weighted by molar-refractivity contribution is 5.99. The molecule has 4 rings (SSSR count). The second kappa shape index (κ2) is 11.5. The Morgan fingerprint density at radius 3 is 2.42 bits per heavy atom. The smallest absolute Gasteiger partial charge is 0.309 e. The molecule has 0 saturated heterocycles. The molecule has 0 spiro atoms. The second-order valence-corrected chi connectivity index (χ2v) is 9.58. The SMILES string of the molecule is COc1cc(C)ccc1C1c2ccc(C)cc2OCC[C@H](CC(=O)c2nccc(OC)c2O)C(=O)O[C@H]1C. The summed E-state index contributed by atoms with van der Waals surface area (Å²) < 4.78 is 23.0. The van der Waals surface area contributed by atoms with Crippen molar-refractivity contribution >= 4 is 11.8 Å². The number of ketones is 1. The van der Waals surface area contributed by atoms with Gasteiger partial charge in [-0.15, -0.1) is 0 Å². The fourth-order valence-electron chi connectivity index (χ4n) is 4.86. The lowest BCUT2D eigenvalue weighted by atomic mass is 9.84. The van der Waals surface area contributed by atoms with Crippen LogP contribution in [0.15, 0.2) is 48.7 Å². The number of cyclic esters (lactones) is 1. The van der Waals surface area contributed by atoms with E-state index in [1.807, 2.05) is 57.2 Å². The van der Waals surface area contributed by atoms with Gasteiger partial charge < -0.3 is 24.1 Å². The van der Waals surface area contributed by atoms with Crippen molar-refractivity contribution in [2.45, 2.75) is 45.6 Å². The number of aromatic nitrogens is 1. The standard InChI is InChI=1S/C30H33NO7/c1-17-6-8-21(25(14-17)36-5)27-19(3)38-30(34)20(11-13-37-26-15-18(2)7-9-22(26)27)16-23(32)28-29(33)24(35-4)10-12-31-28/h6-10,12,14-15,19-20,27,33H,11,13,16H2,1-5H3/t19-,20+,27?/m0/s1. The highest BCUT2D eigenvalue weighted by Gasteiger charge is 2.34. The summed E-state index contributed by atoms with van der Waals surface area (Å²) >= 11 is 0. The highest BCUT2D eigenvalue weighted by Crippen LogP contribution is 2.41. The van der Waals surface area contributed by atoms with Crippen LogP contribution in [0.5, 0.6) is 23.0 Å². The van der Waals surface area contributed by atoms with Crippen molar-refractivity contribution in [3.8, 4) is 23.0 Å². The summed E-state index contributed by atoms with van der Waals surface area (Å²) in [4.78, 5) is 30.5. The van der Waals surface area contributed by atoms with E-state index in [0.717, 1.165) is 22.3 Å². The zero-order chi connectivity index (χ0) is 27.4. The first-order valence-electron chi connectivity index (χ1n) is 12.6. The third-order valence-corrected chi connectivity index (χ3v) is 6.86. The lowest BCUT2D eigenvalue weighted by molar-refractivity contribution is -0.154. The monoisotopic (exact) mass is 519 g/mol. The van der Waals surface area contributed by atoms with E-state index in [9.17, 15) is 14.7 Å². The number of pyridine rings is 1. The minimum Gasteiger partial charge on any atom is -0.503 e. The Morgan fingerprint density at radius 2 is 1.71 bits per heavy atom. The van der Waals surface area contributed by atoms with Crippen LogP contribution in [0.1, 0.15) is 58.4 Å². The first-order valence-corrected chi connectivity index (χ1v) is 12.6. The zero-order valence-electron chi connectivity index (χ0n) is 22.3. The minimum atomic E-state index is -0.788. The molecular weight excluding hydrogens is 486 g/mol. The number of aryl methyl sites for hydroxylation is 2. The average molecular weight is 520 g/mol. The molecule has 3 atom stereocenters. The van der Waals surface area contributed by atoms with E-state index in [1.165, 1.54) is 19.4 Å². The van der Waals surface area contributed by atoms with Gasteiger partial charge in [-0.25, -0.2) is 4.98 Å². The van der Waals surface area contributed by atoms with E-state index >= 15 is 0 Å². The molecule has 2 aromatic carbocycles. The van der Waals surface area contributed by atoms with Gasteiger partial charge in [0, 0.05) is 29.8 Å². The van der Waals surface area contributed by atoms with E-state index < -0.39 is 23.8 Å². The number of benzene rings is 2.